The molecule has 84 valence electrons. The fraction of sp³-hybridized carbons (Fsp3) is 0.600. The molecule has 0 amide bonds. The number of methoxy groups -OCH3 is 1. The summed E-state index contributed by atoms with van der Waals surface area (Å²) in [4.78, 5) is 8.31. The first kappa shape index (κ1) is 11.7. The van der Waals surface area contributed by atoms with E-state index in [0.717, 1.165) is 5.69 Å². The monoisotopic (exact) mass is 211 g/mol. The second-order valence-corrected chi connectivity index (χ2v) is 3.47. The van der Waals surface area contributed by atoms with Crippen LogP contribution in [0.3, 0.4) is 0 Å². The van der Waals surface area contributed by atoms with Crippen LogP contribution in [-0.2, 0) is 4.74 Å². The molecule has 0 saturated carbocycles. The van der Waals surface area contributed by atoms with Crippen molar-refractivity contribution in [3.8, 4) is 5.88 Å². The summed E-state index contributed by atoms with van der Waals surface area (Å²) in [7, 11) is 1.62. The first-order chi connectivity index (χ1) is 7.15. The lowest BCUT2D eigenvalue weighted by molar-refractivity contribution is 0.143. The summed E-state index contributed by atoms with van der Waals surface area (Å²) < 4.78 is 10.1. The molecule has 0 spiro atoms. The van der Waals surface area contributed by atoms with E-state index in [1.165, 1.54) is 0 Å². The number of nitrogens with two attached hydrogens (primary N) is 1. The summed E-state index contributed by atoms with van der Waals surface area (Å²) >= 11 is 0. The third kappa shape index (κ3) is 3.36. The Hall–Kier alpha value is -1.36. The second kappa shape index (κ2) is 5.50. The molecule has 1 rings (SSSR count). The van der Waals surface area contributed by atoms with Crippen LogP contribution >= 0.6 is 0 Å². The van der Waals surface area contributed by atoms with Gasteiger partial charge in [-0.2, -0.15) is 4.98 Å². The van der Waals surface area contributed by atoms with Crippen molar-refractivity contribution in [3.63, 3.8) is 0 Å². The Morgan fingerprint density at radius 1 is 1.40 bits per heavy atom. The second-order valence-electron chi connectivity index (χ2n) is 3.47. The van der Waals surface area contributed by atoms with Crippen molar-refractivity contribution in [1.29, 1.82) is 0 Å². The van der Waals surface area contributed by atoms with Crippen LogP contribution in [0.1, 0.15) is 25.5 Å². The Kier molecular flexibility index (Phi) is 4.30. The molecule has 1 aromatic heterocycles. The van der Waals surface area contributed by atoms with E-state index in [9.17, 15) is 0 Å². The topological polar surface area (TPSA) is 70.3 Å². The van der Waals surface area contributed by atoms with Crippen molar-refractivity contribution in [1.82, 2.24) is 9.97 Å². The lowest BCUT2D eigenvalue weighted by atomic mass is 10.1. The predicted molar refractivity (Wildman–Crippen MR) is 57.9 cm³/mol. The number of rotatable bonds is 5. The minimum atomic E-state index is 0.269. The van der Waals surface area contributed by atoms with Crippen molar-refractivity contribution in [2.75, 3.05) is 26.1 Å². The van der Waals surface area contributed by atoms with Gasteiger partial charge in [0.2, 0.25) is 5.88 Å². The molecule has 0 aliphatic heterocycles. The van der Waals surface area contributed by atoms with Crippen LogP contribution in [0.25, 0.3) is 0 Å². The fourth-order valence-corrected chi connectivity index (χ4v) is 1.14. The Morgan fingerprint density at radius 3 is 2.67 bits per heavy atom. The Balaban J connectivity index is 2.65. The molecule has 5 heteroatoms. The number of hydrogen-bond acceptors (Lipinski definition) is 5. The number of ether oxygens (including phenoxy) is 2. The van der Waals surface area contributed by atoms with Crippen LogP contribution in [0.4, 0.5) is 5.82 Å². The van der Waals surface area contributed by atoms with Crippen LogP contribution in [0.2, 0.25) is 0 Å². The first-order valence-electron chi connectivity index (χ1n) is 4.89. The van der Waals surface area contributed by atoms with Gasteiger partial charge in [-0.3, -0.25) is 4.98 Å². The van der Waals surface area contributed by atoms with E-state index in [-0.39, 0.29) is 5.92 Å². The minimum absolute atomic E-state index is 0.269. The van der Waals surface area contributed by atoms with Crippen molar-refractivity contribution < 1.29 is 9.47 Å². The van der Waals surface area contributed by atoms with Gasteiger partial charge in [0, 0.05) is 7.11 Å². The summed E-state index contributed by atoms with van der Waals surface area (Å²) in [6.45, 7) is 5.01. The van der Waals surface area contributed by atoms with Crippen LogP contribution < -0.4 is 10.5 Å². The molecule has 0 saturated heterocycles. The van der Waals surface area contributed by atoms with Gasteiger partial charge in [-0.05, 0) is 5.92 Å². The third-order valence-electron chi connectivity index (χ3n) is 1.89. The molecular weight excluding hydrogens is 194 g/mol. The molecule has 5 nitrogen and oxygen atoms in total. The molecule has 0 radical (unpaired) electrons. The van der Waals surface area contributed by atoms with Crippen LogP contribution in [0.15, 0.2) is 6.20 Å². The summed E-state index contributed by atoms with van der Waals surface area (Å²) in [5.41, 5.74) is 6.54. The van der Waals surface area contributed by atoms with Gasteiger partial charge in [0.1, 0.15) is 12.4 Å². The molecule has 1 heterocycles. The van der Waals surface area contributed by atoms with Gasteiger partial charge >= 0.3 is 0 Å². The Labute approximate surface area is 89.6 Å². The predicted octanol–water partition coefficient (Wildman–Crippen LogP) is 1.21. The molecule has 15 heavy (non-hydrogen) atoms. The summed E-state index contributed by atoms with van der Waals surface area (Å²) in [5.74, 6) is 1.14. The van der Waals surface area contributed by atoms with E-state index in [1.807, 2.05) is 13.8 Å². The normalized spacial score (nSPS) is 10.7. The maximum atomic E-state index is 5.74. The van der Waals surface area contributed by atoms with Crippen molar-refractivity contribution in [2.24, 2.45) is 0 Å². The highest BCUT2D eigenvalue weighted by atomic mass is 16.5. The standard InChI is InChI=1S/C10H17N3O2/c1-7(2)9-10(11)13-8(6-12-9)15-5-4-14-3/h6-7H,4-5H2,1-3H3,(H2,11,13). The number of anilines is 1. The fourth-order valence-electron chi connectivity index (χ4n) is 1.14. The summed E-state index contributed by atoms with van der Waals surface area (Å²) in [5, 5.41) is 0. The van der Waals surface area contributed by atoms with E-state index in [0.29, 0.717) is 24.9 Å². The SMILES string of the molecule is COCCOc1cnc(C(C)C)c(N)n1. The zero-order chi connectivity index (χ0) is 11.3. The van der Waals surface area contributed by atoms with E-state index in [2.05, 4.69) is 9.97 Å². The van der Waals surface area contributed by atoms with Gasteiger partial charge < -0.3 is 15.2 Å². The van der Waals surface area contributed by atoms with Crippen LogP contribution in [0, 0.1) is 0 Å². The van der Waals surface area contributed by atoms with Crippen LogP contribution in [-0.4, -0.2) is 30.3 Å². The van der Waals surface area contributed by atoms with Crippen LogP contribution in [0.5, 0.6) is 5.88 Å². The quantitative estimate of drug-likeness (QED) is 0.741. The van der Waals surface area contributed by atoms with Crippen molar-refractivity contribution >= 4 is 5.82 Å². The highest BCUT2D eigenvalue weighted by molar-refractivity contribution is 5.37. The van der Waals surface area contributed by atoms with E-state index in [4.69, 9.17) is 15.2 Å². The van der Waals surface area contributed by atoms with E-state index >= 15 is 0 Å². The van der Waals surface area contributed by atoms with Gasteiger partial charge in [0.15, 0.2) is 0 Å². The molecule has 2 N–H and O–H groups in total. The molecule has 0 aliphatic carbocycles. The molecule has 0 fully saturated rings. The van der Waals surface area contributed by atoms with Gasteiger partial charge in [-0.1, -0.05) is 13.8 Å². The maximum Gasteiger partial charge on any atom is 0.234 e. The molecule has 0 unspecified atom stereocenters. The zero-order valence-electron chi connectivity index (χ0n) is 9.36. The average molecular weight is 211 g/mol. The molecule has 0 atom stereocenters. The van der Waals surface area contributed by atoms with Gasteiger partial charge in [0.05, 0.1) is 18.5 Å². The highest BCUT2D eigenvalue weighted by Crippen LogP contribution is 2.19. The Morgan fingerprint density at radius 2 is 2.13 bits per heavy atom. The number of nitrogens with zero attached hydrogens (tertiary/aromatic N) is 2. The summed E-state index contributed by atoms with van der Waals surface area (Å²) in [6.07, 6.45) is 1.58. The highest BCUT2D eigenvalue weighted by Gasteiger charge is 2.08. The lowest BCUT2D eigenvalue weighted by Crippen LogP contribution is -2.08. The molecule has 0 aliphatic rings. The number of aromatic nitrogens is 2. The zero-order valence-corrected chi connectivity index (χ0v) is 9.36. The molecule has 1 aromatic rings. The summed E-state index contributed by atoms with van der Waals surface area (Å²) in [6, 6.07) is 0. The van der Waals surface area contributed by atoms with E-state index in [1.54, 1.807) is 13.3 Å². The van der Waals surface area contributed by atoms with E-state index < -0.39 is 0 Å². The maximum absolute atomic E-state index is 5.74. The smallest absolute Gasteiger partial charge is 0.234 e. The minimum Gasteiger partial charge on any atom is -0.474 e. The van der Waals surface area contributed by atoms with Crippen molar-refractivity contribution in [2.45, 2.75) is 19.8 Å². The molecular formula is C10H17N3O2. The number of nitrogen functional groups attached to an aromatic ring is 1. The first-order valence-corrected chi connectivity index (χ1v) is 4.89. The largest absolute Gasteiger partial charge is 0.474 e. The Bertz CT molecular complexity index is 316. The van der Waals surface area contributed by atoms with Gasteiger partial charge in [-0.25, -0.2) is 0 Å². The average Bonchev–Trinajstić information content (AvgIpc) is 2.17. The number of hydrogen-bond donors (Lipinski definition) is 1. The third-order valence-corrected chi connectivity index (χ3v) is 1.89. The van der Waals surface area contributed by atoms with Gasteiger partial charge in [0.25, 0.3) is 0 Å². The molecule has 0 bridgehead atoms. The lowest BCUT2D eigenvalue weighted by Gasteiger charge is -2.09. The van der Waals surface area contributed by atoms with Crippen molar-refractivity contribution in [3.05, 3.63) is 11.9 Å². The molecule has 0 aromatic carbocycles. The van der Waals surface area contributed by atoms with Gasteiger partial charge in [-0.15, -0.1) is 0 Å².